The van der Waals surface area contributed by atoms with Crippen molar-refractivity contribution in [2.24, 2.45) is 11.1 Å². The number of amides is 1. The molecule has 1 radical (unpaired) electrons. The Morgan fingerprint density at radius 3 is 2.64 bits per heavy atom. The summed E-state index contributed by atoms with van der Waals surface area (Å²) >= 11 is 0. The van der Waals surface area contributed by atoms with Gasteiger partial charge in [0.25, 0.3) is 0 Å². The number of carbonyl (C=O) groups excluding carboxylic acids is 1. The normalized spacial score (nSPS) is 18.9. The monoisotopic (exact) mass is 194 g/mol. The molecule has 2 N–H and O–H groups in total. The minimum Gasteiger partial charge on any atom is -0.466 e. The van der Waals surface area contributed by atoms with Crippen LogP contribution in [0, 0.1) is 18.8 Å². The predicted molar refractivity (Wildman–Crippen MR) is 49.3 cm³/mol. The van der Waals surface area contributed by atoms with E-state index in [-0.39, 0.29) is 5.91 Å². The summed E-state index contributed by atoms with van der Waals surface area (Å²) in [6.07, 6.45) is 1.74. The number of furan rings is 1. The van der Waals surface area contributed by atoms with E-state index in [0.717, 1.165) is 5.76 Å². The highest BCUT2D eigenvalue weighted by atomic mass is 16.5. The van der Waals surface area contributed by atoms with Crippen LogP contribution in [0.25, 0.3) is 0 Å². The Morgan fingerprint density at radius 2 is 2.29 bits per heavy atom. The molecule has 4 heteroatoms. The zero-order valence-corrected chi connectivity index (χ0v) is 7.95. The number of rotatable bonds is 3. The predicted octanol–water partition coefficient (Wildman–Crippen LogP) is 0.642. The Hall–Kier alpha value is -1.29. The van der Waals surface area contributed by atoms with Crippen molar-refractivity contribution in [1.29, 1.82) is 0 Å². The number of nitrogens with two attached hydrogens (primary N) is 1. The van der Waals surface area contributed by atoms with Crippen molar-refractivity contribution in [3.63, 3.8) is 0 Å². The molecule has 2 rings (SSSR count). The second-order valence-electron chi connectivity index (χ2n) is 3.61. The van der Waals surface area contributed by atoms with Crippen LogP contribution in [0.3, 0.4) is 0 Å². The maximum Gasteiger partial charge on any atom is 0.229 e. The molecule has 1 aromatic rings. The lowest BCUT2D eigenvalue weighted by Crippen LogP contribution is -2.52. The zero-order chi connectivity index (χ0) is 10.2. The summed E-state index contributed by atoms with van der Waals surface area (Å²) < 4.78 is 10.4. The molecule has 1 aromatic heterocycles. The minimum atomic E-state index is -0.662. The molecule has 75 valence electrons. The quantitative estimate of drug-likeness (QED) is 0.768. The SMILES string of the molecule is Cc1ccc([CH]C2(C(N)=O)COC2)o1. The lowest BCUT2D eigenvalue weighted by Gasteiger charge is -2.37. The molecule has 0 atom stereocenters. The van der Waals surface area contributed by atoms with Gasteiger partial charge in [-0.25, -0.2) is 0 Å². The van der Waals surface area contributed by atoms with Crippen LogP contribution < -0.4 is 5.73 Å². The lowest BCUT2D eigenvalue weighted by molar-refractivity contribution is -0.150. The summed E-state index contributed by atoms with van der Waals surface area (Å²) in [5.74, 6) is 1.12. The molecule has 1 aliphatic rings. The van der Waals surface area contributed by atoms with E-state index in [0.29, 0.717) is 19.0 Å². The minimum absolute atomic E-state index is 0.349. The average Bonchev–Trinajstić information content (AvgIpc) is 2.43. The fraction of sp³-hybridized carbons (Fsp3) is 0.400. The maximum absolute atomic E-state index is 11.2. The van der Waals surface area contributed by atoms with E-state index in [1.165, 1.54) is 0 Å². The van der Waals surface area contributed by atoms with Crippen LogP contribution in [0.4, 0.5) is 0 Å². The summed E-state index contributed by atoms with van der Waals surface area (Å²) in [6, 6.07) is 3.67. The summed E-state index contributed by atoms with van der Waals surface area (Å²) in [5.41, 5.74) is 4.63. The molecule has 4 nitrogen and oxygen atoms in total. The molecule has 1 saturated heterocycles. The fourth-order valence-corrected chi connectivity index (χ4v) is 1.42. The molecule has 0 bridgehead atoms. The molecule has 0 saturated carbocycles. The van der Waals surface area contributed by atoms with Crippen molar-refractivity contribution in [1.82, 2.24) is 0 Å². The van der Waals surface area contributed by atoms with Crippen molar-refractivity contribution in [2.45, 2.75) is 6.92 Å². The van der Waals surface area contributed by atoms with E-state index in [1.54, 1.807) is 6.42 Å². The van der Waals surface area contributed by atoms with Crippen LogP contribution in [0.15, 0.2) is 16.5 Å². The van der Waals surface area contributed by atoms with Crippen LogP contribution >= 0.6 is 0 Å². The molecule has 0 aromatic carbocycles. The van der Waals surface area contributed by atoms with Crippen molar-refractivity contribution in [2.75, 3.05) is 13.2 Å². The van der Waals surface area contributed by atoms with E-state index < -0.39 is 5.41 Å². The van der Waals surface area contributed by atoms with Gasteiger partial charge in [-0.15, -0.1) is 0 Å². The Balaban J connectivity index is 2.12. The van der Waals surface area contributed by atoms with E-state index in [4.69, 9.17) is 14.9 Å². The second kappa shape index (κ2) is 3.13. The van der Waals surface area contributed by atoms with Crippen LogP contribution in [0.5, 0.6) is 0 Å². The smallest absolute Gasteiger partial charge is 0.229 e. The van der Waals surface area contributed by atoms with Gasteiger partial charge in [-0.3, -0.25) is 4.79 Å². The van der Waals surface area contributed by atoms with Gasteiger partial charge in [0, 0.05) is 6.42 Å². The molecular formula is C10H12NO3. The third kappa shape index (κ3) is 1.42. The third-order valence-electron chi connectivity index (χ3n) is 2.39. The number of primary amides is 1. The molecule has 14 heavy (non-hydrogen) atoms. The van der Waals surface area contributed by atoms with Crippen LogP contribution in [0.1, 0.15) is 11.5 Å². The molecule has 0 aliphatic carbocycles. The number of carbonyl (C=O) groups is 1. The molecule has 1 fully saturated rings. The van der Waals surface area contributed by atoms with Crippen molar-refractivity contribution in [3.8, 4) is 0 Å². The standard InChI is InChI=1S/C10H12NO3/c1-7-2-3-8(14-7)4-10(9(11)12)5-13-6-10/h2-4H,5-6H2,1H3,(H2,11,12). The molecule has 0 unspecified atom stereocenters. The summed E-state index contributed by atoms with van der Waals surface area (Å²) in [6.45, 7) is 2.55. The van der Waals surface area contributed by atoms with Gasteiger partial charge in [-0.2, -0.15) is 0 Å². The van der Waals surface area contributed by atoms with E-state index in [9.17, 15) is 4.79 Å². The number of ether oxygens (including phenoxy) is 1. The lowest BCUT2D eigenvalue weighted by atomic mass is 9.81. The maximum atomic E-state index is 11.2. The molecule has 1 aliphatic heterocycles. The van der Waals surface area contributed by atoms with E-state index in [1.807, 2.05) is 19.1 Å². The largest absolute Gasteiger partial charge is 0.466 e. The van der Waals surface area contributed by atoms with Gasteiger partial charge in [0.15, 0.2) is 0 Å². The van der Waals surface area contributed by atoms with E-state index in [2.05, 4.69) is 0 Å². The van der Waals surface area contributed by atoms with Crippen molar-refractivity contribution >= 4 is 5.91 Å². The van der Waals surface area contributed by atoms with Gasteiger partial charge in [0.1, 0.15) is 16.9 Å². The molecular weight excluding hydrogens is 182 g/mol. The molecule has 2 heterocycles. The van der Waals surface area contributed by atoms with Crippen LogP contribution in [0.2, 0.25) is 0 Å². The van der Waals surface area contributed by atoms with Crippen molar-refractivity contribution in [3.05, 3.63) is 30.1 Å². The van der Waals surface area contributed by atoms with Gasteiger partial charge < -0.3 is 14.9 Å². The molecule has 1 amide bonds. The molecule has 0 spiro atoms. The van der Waals surface area contributed by atoms with Crippen LogP contribution in [-0.2, 0) is 9.53 Å². The summed E-state index contributed by atoms with van der Waals surface area (Å²) in [7, 11) is 0. The Morgan fingerprint density at radius 1 is 1.57 bits per heavy atom. The first-order valence-corrected chi connectivity index (χ1v) is 4.42. The Bertz CT molecular complexity index is 352. The van der Waals surface area contributed by atoms with E-state index >= 15 is 0 Å². The first kappa shape index (κ1) is 9.27. The van der Waals surface area contributed by atoms with Gasteiger partial charge >= 0.3 is 0 Å². The number of aryl methyl sites for hydroxylation is 1. The number of hydrogen-bond donors (Lipinski definition) is 1. The highest BCUT2D eigenvalue weighted by Gasteiger charge is 2.45. The van der Waals surface area contributed by atoms with Gasteiger partial charge in [-0.1, -0.05) is 0 Å². The second-order valence-corrected chi connectivity index (χ2v) is 3.61. The summed E-state index contributed by atoms with van der Waals surface area (Å²) in [5, 5.41) is 0. The van der Waals surface area contributed by atoms with Gasteiger partial charge in [0.2, 0.25) is 5.91 Å². The highest BCUT2D eigenvalue weighted by molar-refractivity contribution is 5.84. The van der Waals surface area contributed by atoms with Crippen molar-refractivity contribution < 1.29 is 13.9 Å². The topological polar surface area (TPSA) is 65.5 Å². The van der Waals surface area contributed by atoms with Crippen LogP contribution in [-0.4, -0.2) is 19.1 Å². The first-order valence-electron chi connectivity index (χ1n) is 4.42. The third-order valence-corrected chi connectivity index (χ3v) is 2.39. The van der Waals surface area contributed by atoms with Gasteiger partial charge in [0.05, 0.1) is 13.2 Å². The average molecular weight is 194 g/mol. The first-order chi connectivity index (χ1) is 6.62. The fourth-order valence-electron chi connectivity index (χ4n) is 1.42. The highest BCUT2D eigenvalue weighted by Crippen LogP contribution is 2.33. The van der Waals surface area contributed by atoms with Gasteiger partial charge in [-0.05, 0) is 19.1 Å². The Kier molecular flexibility index (Phi) is 2.07. The number of hydrogen-bond acceptors (Lipinski definition) is 3. The Labute approximate surface area is 82.0 Å². The zero-order valence-electron chi connectivity index (χ0n) is 7.95. The summed E-state index contributed by atoms with van der Waals surface area (Å²) in [4.78, 5) is 11.2.